The molecule has 0 aliphatic rings. The molecule has 0 spiro atoms. The summed E-state index contributed by atoms with van der Waals surface area (Å²) in [6.45, 7) is 6.19. The predicted octanol–water partition coefficient (Wildman–Crippen LogP) is 2.46. The third-order valence-electron chi connectivity index (χ3n) is 3.15. The van der Waals surface area contributed by atoms with Crippen molar-refractivity contribution in [2.45, 2.75) is 26.8 Å². The van der Waals surface area contributed by atoms with Crippen LogP contribution in [0, 0.1) is 5.92 Å². The summed E-state index contributed by atoms with van der Waals surface area (Å²) in [5, 5.41) is 6.66. The van der Waals surface area contributed by atoms with Gasteiger partial charge in [-0.3, -0.25) is 4.99 Å². The molecule has 1 rings (SSSR count). The molecule has 0 saturated heterocycles. The Hall–Kier alpha value is -1.71. The van der Waals surface area contributed by atoms with Gasteiger partial charge >= 0.3 is 0 Å². The molecule has 0 fully saturated rings. The van der Waals surface area contributed by atoms with Gasteiger partial charge in [0.15, 0.2) is 5.96 Å². The minimum absolute atomic E-state index is 0.708. The number of rotatable bonds is 6. The lowest BCUT2D eigenvalue weighted by molar-refractivity contribution is 0.573. The van der Waals surface area contributed by atoms with Crippen molar-refractivity contribution in [1.82, 2.24) is 10.6 Å². The summed E-state index contributed by atoms with van der Waals surface area (Å²) in [7, 11) is 5.90. The van der Waals surface area contributed by atoms with Crippen molar-refractivity contribution in [3.63, 3.8) is 0 Å². The molecule has 0 heterocycles. The van der Waals surface area contributed by atoms with Crippen molar-refractivity contribution >= 4 is 11.6 Å². The molecule has 0 saturated carbocycles. The van der Waals surface area contributed by atoms with Crippen LogP contribution in [0.2, 0.25) is 0 Å². The number of guanidine groups is 1. The fourth-order valence-corrected chi connectivity index (χ4v) is 1.80. The third kappa shape index (κ3) is 5.95. The maximum atomic E-state index is 4.23. The molecular formula is C16H28N4. The second kappa shape index (κ2) is 8.46. The van der Waals surface area contributed by atoms with Crippen LogP contribution in [0.25, 0.3) is 0 Å². The van der Waals surface area contributed by atoms with Crippen molar-refractivity contribution in [1.29, 1.82) is 0 Å². The van der Waals surface area contributed by atoms with E-state index in [1.165, 1.54) is 11.3 Å². The highest BCUT2D eigenvalue weighted by Gasteiger charge is 2.00. The molecule has 1 aromatic carbocycles. The first-order chi connectivity index (χ1) is 9.52. The zero-order valence-electron chi connectivity index (χ0n) is 13.4. The first-order valence-corrected chi connectivity index (χ1v) is 7.23. The number of nitrogens with one attached hydrogen (secondary N) is 2. The topological polar surface area (TPSA) is 39.7 Å². The lowest BCUT2D eigenvalue weighted by Crippen LogP contribution is -2.37. The summed E-state index contributed by atoms with van der Waals surface area (Å²) < 4.78 is 0. The summed E-state index contributed by atoms with van der Waals surface area (Å²) in [6.07, 6.45) is 1.15. The van der Waals surface area contributed by atoms with Crippen LogP contribution in [0.4, 0.5) is 5.69 Å². The van der Waals surface area contributed by atoms with Crippen LogP contribution >= 0.6 is 0 Å². The van der Waals surface area contributed by atoms with Crippen molar-refractivity contribution in [3.8, 4) is 0 Å². The second-order valence-electron chi connectivity index (χ2n) is 5.60. The number of anilines is 1. The van der Waals surface area contributed by atoms with Gasteiger partial charge in [0.1, 0.15) is 0 Å². The number of nitrogens with zero attached hydrogens (tertiary/aromatic N) is 2. The lowest BCUT2D eigenvalue weighted by atomic mass is 10.1. The zero-order chi connectivity index (χ0) is 15.0. The van der Waals surface area contributed by atoms with E-state index in [2.05, 4.69) is 58.6 Å². The summed E-state index contributed by atoms with van der Waals surface area (Å²) in [4.78, 5) is 6.33. The normalized spacial score (nSPS) is 11.6. The Morgan fingerprint density at radius 2 is 1.80 bits per heavy atom. The molecule has 112 valence electrons. The van der Waals surface area contributed by atoms with Gasteiger partial charge in [-0.25, -0.2) is 0 Å². The summed E-state index contributed by atoms with van der Waals surface area (Å²) in [5.41, 5.74) is 2.47. The smallest absolute Gasteiger partial charge is 0.191 e. The van der Waals surface area contributed by atoms with Crippen molar-refractivity contribution in [3.05, 3.63) is 29.8 Å². The Morgan fingerprint density at radius 1 is 1.15 bits per heavy atom. The van der Waals surface area contributed by atoms with Gasteiger partial charge in [-0.2, -0.15) is 0 Å². The lowest BCUT2D eigenvalue weighted by Gasteiger charge is -2.14. The number of benzene rings is 1. The summed E-state index contributed by atoms with van der Waals surface area (Å²) in [6, 6.07) is 8.55. The van der Waals surface area contributed by atoms with Crippen LogP contribution in [0.5, 0.6) is 0 Å². The molecule has 0 unspecified atom stereocenters. The fourth-order valence-electron chi connectivity index (χ4n) is 1.80. The highest BCUT2D eigenvalue weighted by atomic mass is 15.2. The largest absolute Gasteiger partial charge is 0.378 e. The van der Waals surface area contributed by atoms with E-state index in [9.17, 15) is 0 Å². The number of hydrogen-bond acceptors (Lipinski definition) is 2. The monoisotopic (exact) mass is 276 g/mol. The van der Waals surface area contributed by atoms with E-state index < -0.39 is 0 Å². The predicted molar refractivity (Wildman–Crippen MR) is 88.4 cm³/mol. The quantitative estimate of drug-likeness (QED) is 0.619. The maximum absolute atomic E-state index is 4.23. The third-order valence-corrected chi connectivity index (χ3v) is 3.15. The molecule has 2 N–H and O–H groups in total. The highest BCUT2D eigenvalue weighted by Crippen LogP contribution is 2.11. The molecule has 0 aliphatic carbocycles. The van der Waals surface area contributed by atoms with Gasteiger partial charge < -0.3 is 15.5 Å². The van der Waals surface area contributed by atoms with Crippen molar-refractivity contribution in [2.75, 3.05) is 32.6 Å². The molecule has 0 radical (unpaired) electrons. The number of hydrogen-bond donors (Lipinski definition) is 2. The van der Waals surface area contributed by atoms with Gasteiger partial charge in [0.25, 0.3) is 0 Å². The van der Waals surface area contributed by atoms with E-state index >= 15 is 0 Å². The van der Waals surface area contributed by atoms with Crippen LogP contribution in [-0.4, -0.2) is 33.6 Å². The molecule has 1 aromatic rings. The van der Waals surface area contributed by atoms with Crippen LogP contribution < -0.4 is 15.5 Å². The Labute approximate surface area is 123 Å². The first-order valence-electron chi connectivity index (χ1n) is 7.23. The zero-order valence-corrected chi connectivity index (χ0v) is 13.4. The average Bonchev–Trinajstić information content (AvgIpc) is 2.42. The number of aliphatic imine (C=N–C) groups is 1. The molecule has 0 bridgehead atoms. The Bertz CT molecular complexity index is 407. The molecule has 0 aliphatic heterocycles. The highest BCUT2D eigenvalue weighted by molar-refractivity contribution is 5.79. The van der Waals surface area contributed by atoms with Crippen molar-refractivity contribution < 1.29 is 0 Å². The standard InChI is InChI=1S/C16H28N4/c1-13(2)10-11-18-16(17-3)19-12-14-6-8-15(9-7-14)20(4)5/h6-9,13H,10-12H2,1-5H3,(H2,17,18,19). The Balaban J connectivity index is 2.40. The van der Waals surface area contributed by atoms with Gasteiger partial charge in [0.05, 0.1) is 0 Å². The summed E-state index contributed by atoms with van der Waals surface area (Å²) >= 11 is 0. The van der Waals surface area contributed by atoms with E-state index in [-0.39, 0.29) is 0 Å². The molecule has 20 heavy (non-hydrogen) atoms. The van der Waals surface area contributed by atoms with E-state index in [4.69, 9.17) is 0 Å². The SMILES string of the molecule is CN=C(NCCC(C)C)NCc1ccc(N(C)C)cc1. The van der Waals surface area contributed by atoms with Crippen LogP contribution in [0.3, 0.4) is 0 Å². The molecule has 0 atom stereocenters. The average molecular weight is 276 g/mol. The molecule has 0 aromatic heterocycles. The van der Waals surface area contributed by atoms with Gasteiger partial charge in [-0.05, 0) is 30.0 Å². The molecule has 0 amide bonds. The second-order valence-corrected chi connectivity index (χ2v) is 5.60. The van der Waals surface area contributed by atoms with Gasteiger partial charge in [-0.15, -0.1) is 0 Å². The van der Waals surface area contributed by atoms with Crippen LogP contribution in [-0.2, 0) is 6.54 Å². The van der Waals surface area contributed by atoms with E-state index in [0.717, 1.165) is 25.5 Å². The molecule has 4 nitrogen and oxygen atoms in total. The Kier molecular flexibility index (Phi) is 6.91. The first kappa shape index (κ1) is 16.3. The fraction of sp³-hybridized carbons (Fsp3) is 0.562. The van der Waals surface area contributed by atoms with Crippen molar-refractivity contribution in [2.24, 2.45) is 10.9 Å². The van der Waals surface area contributed by atoms with E-state index in [1.807, 2.05) is 14.1 Å². The Morgan fingerprint density at radius 3 is 2.30 bits per heavy atom. The minimum atomic E-state index is 0.708. The molecule has 4 heteroatoms. The van der Waals surface area contributed by atoms with Crippen LogP contribution in [0.1, 0.15) is 25.8 Å². The minimum Gasteiger partial charge on any atom is -0.378 e. The maximum Gasteiger partial charge on any atom is 0.191 e. The van der Waals surface area contributed by atoms with E-state index in [0.29, 0.717) is 5.92 Å². The van der Waals surface area contributed by atoms with Gasteiger partial charge in [0, 0.05) is 39.9 Å². The summed E-state index contributed by atoms with van der Waals surface area (Å²) in [5.74, 6) is 1.57. The van der Waals surface area contributed by atoms with E-state index in [1.54, 1.807) is 7.05 Å². The molecular weight excluding hydrogens is 248 g/mol. The van der Waals surface area contributed by atoms with Crippen LogP contribution in [0.15, 0.2) is 29.3 Å². The van der Waals surface area contributed by atoms with Gasteiger partial charge in [-0.1, -0.05) is 26.0 Å². The van der Waals surface area contributed by atoms with Gasteiger partial charge in [0.2, 0.25) is 0 Å².